The van der Waals surface area contributed by atoms with Gasteiger partial charge in [-0.25, -0.2) is 8.78 Å². The Hall–Kier alpha value is -3.10. The maximum atomic E-state index is 13.7. The number of hydrogen-bond donors (Lipinski definition) is 3. The number of anilines is 2. The normalized spacial score (nSPS) is 12.4. The Labute approximate surface area is 223 Å². The number of benzene rings is 2. The molecule has 1 heterocycles. The number of rotatable bonds is 11. The number of methoxy groups -OCH3 is 1. The van der Waals surface area contributed by atoms with Crippen LogP contribution in [0.3, 0.4) is 0 Å². The van der Waals surface area contributed by atoms with Gasteiger partial charge < -0.3 is 25.7 Å². The van der Waals surface area contributed by atoms with Gasteiger partial charge in [-0.05, 0) is 61.9 Å². The fourth-order valence-electron chi connectivity index (χ4n) is 4.26. The van der Waals surface area contributed by atoms with Crippen LogP contribution in [0.5, 0.6) is 5.75 Å². The third-order valence-corrected chi connectivity index (χ3v) is 6.83. The minimum absolute atomic E-state index is 0.00467. The van der Waals surface area contributed by atoms with Crippen molar-refractivity contribution in [3.8, 4) is 17.6 Å². The van der Waals surface area contributed by atoms with Crippen molar-refractivity contribution in [2.75, 3.05) is 37.1 Å². The van der Waals surface area contributed by atoms with Crippen molar-refractivity contribution in [1.82, 2.24) is 4.57 Å². The van der Waals surface area contributed by atoms with Crippen LogP contribution in [-0.4, -0.2) is 43.2 Å². The number of fused-ring (bicyclic) bond motifs is 1. The van der Waals surface area contributed by atoms with Crippen LogP contribution in [0.1, 0.15) is 37.4 Å². The average Bonchev–Trinajstić information content (AvgIpc) is 3.22. The molecule has 0 radical (unpaired) electrons. The SMILES string of the molecule is CCC(CCN)Nc1cccc2c1cc(C#CCNc1ccc(SC)c(C(F)F)c1OC)n2CC(F)(F)F. The zero-order valence-corrected chi connectivity index (χ0v) is 22.2. The van der Waals surface area contributed by atoms with Gasteiger partial charge in [0.25, 0.3) is 6.43 Å². The van der Waals surface area contributed by atoms with Crippen molar-refractivity contribution < 1.29 is 26.7 Å². The van der Waals surface area contributed by atoms with E-state index in [1.165, 1.54) is 18.9 Å². The van der Waals surface area contributed by atoms with E-state index < -0.39 is 19.1 Å². The summed E-state index contributed by atoms with van der Waals surface area (Å²) in [5.74, 6) is 5.66. The number of nitrogens with one attached hydrogen (secondary N) is 2. The van der Waals surface area contributed by atoms with Crippen molar-refractivity contribution in [1.29, 1.82) is 0 Å². The Bertz CT molecular complexity index is 1300. The first-order chi connectivity index (χ1) is 18.1. The summed E-state index contributed by atoms with van der Waals surface area (Å²) in [6, 6.07) is 10.1. The van der Waals surface area contributed by atoms with Crippen molar-refractivity contribution in [2.45, 2.75) is 49.8 Å². The molecule has 1 aromatic heterocycles. The molecule has 3 aromatic rings. The second kappa shape index (κ2) is 13.1. The van der Waals surface area contributed by atoms with Gasteiger partial charge in [-0.1, -0.05) is 18.9 Å². The van der Waals surface area contributed by atoms with Crippen LogP contribution in [-0.2, 0) is 6.54 Å². The molecule has 5 nitrogen and oxygen atoms in total. The number of aromatic nitrogens is 1. The van der Waals surface area contributed by atoms with Crippen LogP contribution in [0.15, 0.2) is 41.3 Å². The van der Waals surface area contributed by atoms with Gasteiger partial charge in [-0.15, -0.1) is 11.8 Å². The van der Waals surface area contributed by atoms with Gasteiger partial charge in [0.05, 0.1) is 36.1 Å². The lowest BCUT2D eigenvalue weighted by atomic mass is 10.1. The molecule has 38 heavy (non-hydrogen) atoms. The van der Waals surface area contributed by atoms with E-state index in [1.54, 1.807) is 36.6 Å². The molecule has 1 atom stereocenters. The monoisotopic (exact) mass is 554 g/mol. The van der Waals surface area contributed by atoms with E-state index >= 15 is 0 Å². The zero-order chi connectivity index (χ0) is 27.9. The lowest BCUT2D eigenvalue weighted by Crippen LogP contribution is -2.22. The Kier molecular flexibility index (Phi) is 10.2. The zero-order valence-electron chi connectivity index (χ0n) is 21.4. The molecule has 0 aliphatic heterocycles. The van der Waals surface area contributed by atoms with E-state index in [1.807, 2.05) is 13.0 Å². The summed E-state index contributed by atoms with van der Waals surface area (Å²) in [7, 11) is 1.31. The Morgan fingerprint density at radius 1 is 1.16 bits per heavy atom. The smallest absolute Gasteiger partial charge is 0.406 e. The lowest BCUT2D eigenvalue weighted by Gasteiger charge is -2.18. The quantitative estimate of drug-likeness (QED) is 0.137. The summed E-state index contributed by atoms with van der Waals surface area (Å²) >= 11 is 1.18. The van der Waals surface area contributed by atoms with E-state index in [0.29, 0.717) is 33.7 Å². The highest BCUT2D eigenvalue weighted by Gasteiger charge is 2.30. The van der Waals surface area contributed by atoms with Crippen LogP contribution < -0.4 is 21.1 Å². The molecular weight excluding hydrogens is 523 g/mol. The molecule has 11 heteroatoms. The first-order valence-electron chi connectivity index (χ1n) is 12.0. The maximum absolute atomic E-state index is 13.7. The summed E-state index contributed by atoms with van der Waals surface area (Å²) in [4.78, 5) is 0.395. The molecule has 2 aromatic carbocycles. The van der Waals surface area contributed by atoms with E-state index in [-0.39, 0.29) is 29.6 Å². The van der Waals surface area contributed by atoms with E-state index in [4.69, 9.17) is 10.5 Å². The Morgan fingerprint density at radius 3 is 2.53 bits per heavy atom. The van der Waals surface area contributed by atoms with Crippen LogP contribution >= 0.6 is 11.8 Å². The molecule has 206 valence electrons. The first kappa shape index (κ1) is 29.5. The minimum Gasteiger partial charge on any atom is -0.494 e. The predicted octanol–water partition coefficient (Wildman–Crippen LogP) is 6.87. The number of nitrogens with two attached hydrogens (primary N) is 1. The molecule has 1 unspecified atom stereocenters. The third kappa shape index (κ3) is 7.05. The number of alkyl halides is 5. The fraction of sp³-hybridized carbons (Fsp3) is 0.407. The van der Waals surface area contributed by atoms with Gasteiger partial charge in [0.2, 0.25) is 0 Å². The highest BCUT2D eigenvalue weighted by Crippen LogP contribution is 2.41. The molecule has 0 fully saturated rings. The molecule has 0 aliphatic rings. The van der Waals surface area contributed by atoms with Gasteiger partial charge in [0.1, 0.15) is 6.54 Å². The van der Waals surface area contributed by atoms with Gasteiger partial charge >= 0.3 is 6.18 Å². The summed E-state index contributed by atoms with van der Waals surface area (Å²) in [5.41, 5.74) is 7.11. The molecule has 4 N–H and O–H groups in total. The standard InChI is InChI=1S/C27H31F5N4OS/c1-4-17(12-13-33)35-20-8-5-9-22-19(20)15-18(36(22)16-27(30,31)32)7-6-14-34-21-10-11-23(38-3)24(26(28)29)25(21)37-2/h5,8-11,15,17,26,34-35H,4,12-14,16,33H2,1-3H3. The van der Waals surface area contributed by atoms with Gasteiger partial charge in [-0.3, -0.25) is 0 Å². The van der Waals surface area contributed by atoms with Crippen LogP contribution in [0, 0.1) is 11.8 Å². The average molecular weight is 555 g/mol. The van der Waals surface area contributed by atoms with Crippen LogP contribution in [0.25, 0.3) is 10.9 Å². The van der Waals surface area contributed by atoms with E-state index in [2.05, 4.69) is 22.5 Å². The van der Waals surface area contributed by atoms with Crippen molar-refractivity contribution in [3.05, 3.63) is 47.7 Å². The number of hydrogen-bond acceptors (Lipinski definition) is 5. The summed E-state index contributed by atoms with van der Waals surface area (Å²) in [5, 5.41) is 6.96. The third-order valence-electron chi connectivity index (χ3n) is 6.03. The second-order valence-corrected chi connectivity index (χ2v) is 9.36. The van der Waals surface area contributed by atoms with Crippen molar-refractivity contribution >= 4 is 34.0 Å². The van der Waals surface area contributed by atoms with Crippen molar-refractivity contribution in [3.63, 3.8) is 0 Å². The van der Waals surface area contributed by atoms with Gasteiger partial charge in [0.15, 0.2) is 5.75 Å². The maximum Gasteiger partial charge on any atom is 0.406 e. The molecular formula is C27H31F5N4OS. The van der Waals surface area contributed by atoms with E-state index in [9.17, 15) is 22.0 Å². The highest BCUT2D eigenvalue weighted by molar-refractivity contribution is 7.98. The topological polar surface area (TPSA) is 64.2 Å². The molecule has 3 rings (SSSR count). The lowest BCUT2D eigenvalue weighted by molar-refractivity contribution is -0.140. The fourth-order valence-corrected chi connectivity index (χ4v) is 4.87. The number of ether oxygens (including phenoxy) is 1. The Morgan fingerprint density at radius 2 is 1.92 bits per heavy atom. The second-order valence-electron chi connectivity index (χ2n) is 8.51. The predicted molar refractivity (Wildman–Crippen MR) is 144 cm³/mol. The summed E-state index contributed by atoms with van der Waals surface area (Å²) in [6.07, 6.45) is -3.96. The molecule has 0 saturated heterocycles. The minimum atomic E-state index is -4.45. The molecule has 0 spiro atoms. The molecule has 0 saturated carbocycles. The summed E-state index contributed by atoms with van der Waals surface area (Å²) < 4.78 is 74.1. The van der Waals surface area contributed by atoms with Crippen LogP contribution in [0.2, 0.25) is 0 Å². The number of halogens is 5. The number of nitrogens with zero attached hydrogens (tertiary/aromatic N) is 1. The number of thioether (sulfide) groups is 1. The van der Waals surface area contributed by atoms with Crippen molar-refractivity contribution in [2.24, 2.45) is 5.73 Å². The molecule has 0 aliphatic carbocycles. The highest BCUT2D eigenvalue weighted by atomic mass is 32.2. The first-order valence-corrected chi connectivity index (χ1v) is 13.3. The summed E-state index contributed by atoms with van der Waals surface area (Å²) in [6.45, 7) is 1.31. The van der Waals surface area contributed by atoms with Gasteiger partial charge in [0, 0.05) is 22.0 Å². The Balaban J connectivity index is 1.94. The largest absolute Gasteiger partial charge is 0.494 e. The van der Waals surface area contributed by atoms with E-state index in [0.717, 1.165) is 17.4 Å². The molecule has 0 bridgehead atoms. The van der Waals surface area contributed by atoms with Gasteiger partial charge in [-0.2, -0.15) is 13.2 Å². The molecule has 0 amide bonds. The van der Waals surface area contributed by atoms with Crippen LogP contribution in [0.4, 0.5) is 33.3 Å².